The molecule has 162 valence electrons. The summed E-state index contributed by atoms with van der Waals surface area (Å²) in [7, 11) is 1.61. The minimum absolute atomic E-state index is 0.0254. The fourth-order valence-electron chi connectivity index (χ4n) is 3.22. The number of nitrogens with zero attached hydrogens (tertiary/aromatic N) is 2. The van der Waals surface area contributed by atoms with E-state index >= 15 is 0 Å². The standard InChI is InChI=1S/C22H23N3O6/c1-28-16-8-6-15(7-9-16)21(14-4-5-14)23-18(26)13-30-20(27)11-10-19-24-22(25-31-19)17-3-2-12-29-17/h2-3,6-9,12,14,21H,4-5,10-11,13H2,1H3,(H,23,26). The molecule has 0 spiro atoms. The third-order valence-corrected chi connectivity index (χ3v) is 5.00. The Morgan fingerprint density at radius 2 is 2.03 bits per heavy atom. The summed E-state index contributed by atoms with van der Waals surface area (Å²) in [5.41, 5.74) is 1.01. The van der Waals surface area contributed by atoms with Crippen LogP contribution in [0.15, 0.2) is 51.6 Å². The van der Waals surface area contributed by atoms with Crippen LogP contribution in [0.5, 0.6) is 5.75 Å². The molecule has 2 aromatic heterocycles. The molecule has 31 heavy (non-hydrogen) atoms. The molecule has 0 radical (unpaired) electrons. The number of aromatic nitrogens is 2. The van der Waals surface area contributed by atoms with Gasteiger partial charge in [0.05, 0.1) is 25.8 Å². The molecule has 1 aliphatic carbocycles. The molecule has 1 amide bonds. The summed E-state index contributed by atoms with van der Waals surface area (Å²) in [6.07, 6.45) is 3.86. The van der Waals surface area contributed by atoms with Gasteiger partial charge in [-0.2, -0.15) is 4.98 Å². The summed E-state index contributed by atoms with van der Waals surface area (Å²) in [6, 6.07) is 10.9. The fraction of sp³-hybridized carbons (Fsp3) is 0.364. The Kier molecular flexibility index (Phi) is 6.30. The molecular formula is C22H23N3O6. The number of nitrogens with one attached hydrogen (secondary N) is 1. The van der Waals surface area contributed by atoms with E-state index in [9.17, 15) is 9.59 Å². The highest BCUT2D eigenvalue weighted by Gasteiger charge is 2.33. The first kappa shape index (κ1) is 20.6. The zero-order valence-corrected chi connectivity index (χ0v) is 17.1. The number of hydrogen-bond donors (Lipinski definition) is 1. The summed E-state index contributed by atoms with van der Waals surface area (Å²) in [6.45, 7) is -0.334. The number of furan rings is 1. The van der Waals surface area contributed by atoms with Crippen LogP contribution in [0, 0.1) is 5.92 Å². The summed E-state index contributed by atoms with van der Waals surface area (Å²) < 4.78 is 20.6. The monoisotopic (exact) mass is 425 g/mol. The Balaban J connectivity index is 1.22. The molecule has 0 bridgehead atoms. The van der Waals surface area contributed by atoms with Crippen molar-refractivity contribution in [1.29, 1.82) is 0 Å². The second-order valence-corrected chi connectivity index (χ2v) is 7.31. The van der Waals surface area contributed by atoms with Gasteiger partial charge in [0.25, 0.3) is 5.91 Å². The van der Waals surface area contributed by atoms with E-state index in [4.69, 9.17) is 18.4 Å². The molecule has 9 nitrogen and oxygen atoms in total. The van der Waals surface area contributed by atoms with Gasteiger partial charge in [-0.05, 0) is 48.6 Å². The number of methoxy groups -OCH3 is 1. The predicted molar refractivity (Wildman–Crippen MR) is 108 cm³/mol. The van der Waals surface area contributed by atoms with Crippen LogP contribution in [0.1, 0.15) is 36.8 Å². The summed E-state index contributed by atoms with van der Waals surface area (Å²) in [4.78, 5) is 28.5. The van der Waals surface area contributed by atoms with Gasteiger partial charge in [0.15, 0.2) is 12.4 Å². The van der Waals surface area contributed by atoms with E-state index in [-0.39, 0.29) is 31.4 Å². The maximum Gasteiger partial charge on any atom is 0.306 e. The largest absolute Gasteiger partial charge is 0.497 e. The van der Waals surface area contributed by atoms with Crippen molar-refractivity contribution in [1.82, 2.24) is 15.5 Å². The molecular weight excluding hydrogens is 402 g/mol. The molecule has 2 heterocycles. The first-order valence-electron chi connectivity index (χ1n) is 10.1. The highest BCUT2D eigenvalue weighted by molar-refractivity contribution is 5.81. The molecule has 0 saturated heterocycles. The van der Waals surface area contributed by atoms with Gasteiger partial charge in [-0.25, -0.2) is 0 Å². The maximum absolute atomic E-state index is 12.3. The second kappa shape index (κ2) is 9.46. The van der Waals surface area contributed by atoms with Crippen molar-refractivity contribution in [3.8, 4) is 17.3 Å². The third kappa shape index (κ3) is 5.50. The smallest absolute Gasteiger partial charge is 0.306 e. The van der Waals surface area contributed by atoms with Crippen LogP contribution < -0.4 is 10.1 Å². The SMILES string of the molecule is COc1ccc(C(NC(=O)COC(=O)CCc2nc(-c3ccco3)no2)C2CC2)cc1. The summed E-state index contributed by atoms with van der Waals surface area (Å²) in [5, 5.41) is 6.77. The Bertz CT molecular complexity index is 1010. The zero-order chi connectivity index (χ0) is 21.6. The normalized spacial score (nSPS) is 14.1. The molecule has 1 aromatic carbocycles. The highest BCUT2D eigenvalue weighted by Crippen LogP contribution is 2.41. The number of carbonyl (C=O) groups excluding carboxylic acids is 2. The first-order valence-corrected chi connectivity index (χ1v) is 10.1. The Hall–Kier alpha value is -3.62. The fourth-order valence-corrected chi connectivity index (χ4v) is 3.22. The Morgan fingerprint density at radius 3 is 2.71 bits per heavy atom. The third-order valence-electron chi connectivity index (χ3n) is 5.00. The number of benzene rings is 1. The van der Waals surface area contributed by atoms with Crippen molar-refractivity contribution in [3.63, 3.8) is 0 Å². The molecule has 1 fully saturated rings. The van der Waals surface area contributed by atoms with Gasteiger partial charge in [-0.15, -0.1) is 0 Å². The molecule has 1 atom stereocenters. The van der Waals surface area contributed by atoms with Gasteiger partial charge in [-0.1, -0.05) is 17.3 Å². The lowest BCUT2D eigenvalue weighted by Gasteiger charge is -2.19. The minimum atomic E-state index is -0.514. The van der Waals surface area contributed by atoms with Crippen molar-refractivity contribution in [2.45, 2.75) is 31.7 Å². The predicted octanol–water partition coefficient (Wildman–Crippen LogP) is 3.08. The number of rotatable bonds is 10. The van der Waals surface area contributed by atoms with Crippen LogP contribution in [0.3, 0.4) is 0 Å². The van der Waals surface area contributed by atoms with E-state index in [1.807, 2.05) is 24.3 Å². The van der Waals surface area contributed by atoms with Crippen molar-refractivity contribution >= 4 is 11.9 Å². The van der Waals surface area contributed by atoms with Crippen molar-refractivity contribution in [2.75, 3.05) is 13.7 Å². The minimum Gasteiger partial charge on any atom is -0.497 e. The quantitative estimate of drug-likeness (QED) is 0.493. The van der Waals surface area contributed by atoms with Gasteiger partial charge in [0.2, 0.25) is 11.7 Å². The van der Waals surface area contributed by atoms with Gasteiger partial charge in [-0.3, -0.25) is 9.59 Å². The first-order chi connectivity index (χ1) is 15.1. The van der Waals surface area contributed by atoms with Gasteiger partial charge < -0.3 is 23.7 Å². The summed E-state index contributed by atoms with van der Waals surface area (Å²) >= 11 is 0. The lowest BCUT2D eigenvalue weighted by Crippen LogP contribution is -2.33. The number of carbonyl (C=O) groups is 2. The lowest BCUT2D eigenvalue weighted by atomic mass is 10.0. The van der Waals surface area contributed by atoms with Crippen LogP contribution in [0.2, 0.25) is 0 Å². The van der Waals surface area contributed by atoms with E-state index in [2.05, 4.69) is 15.5 Å². The molecule has 4 rings (SSSR count). The van der Waals surface area contributed by atoms with Gasteiger partial charge >= 0.3 is 5.97 Å². The maximum atomic E-state index is 12.3. The molecule has 1 N–H and O–H groups in total. The molecule has 1 saturated carbocycles. The highest BCUT2D eigenvalue weighted by atomic mass is 16.5. The number of aryl methyl sites for hydroxylation is 1. The van der Waals surface area contributed by atoms with E-state index < -0.39 is 5.97 Å². The van der Waals surface area contributed by atoms with Gasteiger partial charge in [0, 0.05) is 6.42 Å². The van der Waals surface area contributed by atoms with Crippen molar-refractivity contribution < 1.29 is 28.0 Å². The number of ether oxygens (including phenoxy) is 2. The molecule has 1 unspecified atom stereocenters. The average Bonchev–Trinajstić information content (AvgIpc) is 3.27. The van der Waals surface area contributed by atoms with E-state index in [0.717, 1.165) is 24.2 Å². The van der Waals surface area contributed by atoms with Crippen molar-refractivity contribution in [2.24, 2.45) is 5.92 Å². The summed E-state index contributed by atoms with van der Waals surface area (Å²) in [5.74, 6) is 1.40. The van der Waals surface area contributed by atoms with Crippen LogP contribution in [-0.4, -0.2) is 35.7 Å². The van der Waals surface area contributed by atoms with Crippen molar-refractivity contribution in [3.05, 3.63) is 54.1 Å². The molecule has 0 aliphatic heterocycles. The lowest BCUT2D eigenvalue weighted by molar-refractivity contribution is -0.148. The molecule has 3 aromatic rings. The number of esters is 1. The van der Waals surface area contributed by atoms with Gasteiger partial charge in [0.1, 0.15) is 5.75 Å². The van der Waals surface area contributed by atoms with E-state index in [1.165, 1.54) is 6.26 Å². The Morgan fingerprint density at radius 1 is 1.23 bits per heavy atom. The average molecular weight is 425 g/mol. The molecule has 1 aliphatic rings. The molecule has 9 heteroatoms. The van der Waals surface area contributed by atoms with Crippen LogP contribution >= 0.6 is 0 Å². The number of amides is 1. The van der Waals surface area contributed by atoms with Crippen LogP contribution in [-0.2, 0) is 20.7 Å². The zero-order valence-electron chi connectivity index (χ0n) is 17.1. The number of hydrogen-bond acceptors (Lipinski definition) is 8. The van der Waals surface area contributed by atoms with E-state index in [0.29, 0.717) is 23.4 Å². The van der Waals surface area contributed by atoms with Crippen LogP contribution in [0.4, 0.5) is 0 Å². The topological polar surface area (TPSA) is 117 Å². The Labute approximate surface area is 178 Å². The van der Waals surface area contributed by atoms with Crippen LogP contribution in [0.25, 0.3) is 11.6 Å². The van der Waals surface area contributed by atoms with E-state index in [1.54, 1.807) is 19.2 Å². The second-order valence-electron chi connectivity index (χ2n) is 7.31.